The van der Waals surface area contributed by atoms with Crippen LogP contribution in [0.4, 0.5) is 0 Å². The SMILES string of the molecule is CCCN(C)S(=O)(=O)c1cc(CNC)c(Cl)cc1Cl. The van der Waals surface area contributed by atoms with E-state index in [0.29, 0.717) is 23.7 Å². The maximum atomic E-state index is 12.4. The molecule has 1 aromatic carbocycles. The summed E-state index contributed by atoms with van der Waals surface area (Å²) in [4.78, 5) is 0.0970. The van der Waals surface area contributed by atoms with E-state index in [1.807, 2.05) is 6.92 Å². The van der Waals surface area contributed by atoms with Gasteiger partial charge in [0.15, 0.2) is 0 Å². The van der Waals surface area contributed by atoms with Crippen molar-refractivity contribution in [3.05, 3.63) is 27.7 Å². The highest BCUT2D eigenvalue weighted by Gasteiger charge is 2.24. The summed E-state index contributed by atoms with van der Waals surface area (Å²) in [6.07, 6.45) is 0.740. The average Bonchev–Trinajstić information content (AvgIpc) is 2.32. The molecule has 4 nitrogen and oxygen atoms in total. The Morgan fingerprint density at radius 1 is 1.26 bits per heavy atom. The molecule has 0 amide bonds. The molecule has 1 N–H and O–H groups in total. The van der Waals surface area contributed by atoms with Crippen LogP contribution in [0.5, 0.6) is 0 Å². The lowest BCUT2D eigenvalue weighted by Crippen LogP contribution is -2.28. The Hall–Kier alpha value is -0.330. The molecule has 1 aromatic rings. The highest BCUT2D eigenvalue weighted by Crippen LogP contribution is 2.30. The van der Waals surface area contributed by atoms with E-state index in [1.165, 1.54) is 16.4 Å². The van der Waals surface area contributed by atoms with Crippen molar-refractivity contribution in [3.63, 3.8) is 0 Å². The summed E-state index contributed by atoms with van der Waals surface area (Å²) in [7, 11) is -0.265. The van der Waals surface area contributed by atoms with Crippen LogP contribution in [0.2, 0.25) is 10.0 Å². The molecule has 0 saturated carbocycles. The number of nitrogens with zero attached hydrogens (tertiary/aromatic N) is 1. The number of halogens is 2. The third kappa shape index (κ3) is 3.83. The number of hydrogen-bond acceptors (Lipinski definition) is 3. The van der Waals surface area contributed by atoms with Crippen LogP contribution in [0.15, 0.2) is 17.0 Å². The molecule has 0 bridgehead atoms. The van der Waals surface area contributed by atoms with Gasteiger partial charge in [-0.2, -0.15) is 0 Å². The van der Waals surface area contributed by atoms with Crippen LogP contribution in [0, 0.1) is 0 Å². The van der Waals surface area contributed by atoms with Gasteiger partial charge >= 0.3 is 0 Å². The molecule has 7 heteroatoms. The quantitative estimate of drug-likeness (QED) is 0.875. The van der Waals surface area contributed by atoms with Gasteiger partial charge in [-0.3, -0.25) is 0 Å². The minimum absolute atomic E-state index is 0.0970. The number of benzene rings is 1. The van der Waals surface area contributed by atoms with Gasteiger partial charge in [-0.1, -0.05) is 30.1 Å². The van der Waals surface area contributed by atoms with Crippen LogP contribution >= 0.6 is 23.2 Å². The Morgan fingerprint density at radius 2 is 1.89 bits per heavy atom. The van der Waals surface area contributed by atoms with E-state index in [4.69, 9.17) is 23.2 Å². The van der Waals surface area contributed by atoms with Crippen molar-refractivity contribution in [2.24, 2.45) is 0 Å². The molecule has 0 radical (unpaired) electrons. The van der Waals surface area contributed by atoms with Gasteiger partial charge < -0.3 is 5.32 Å². The lowest BCUT2D eigenvalue weighted by molar-refractivity contribution is 0.468. The minimum atomic E-state index is -3.57. The average molecular weight is 325 g/mol. The van der Waals surface area contributed by atoms with Crippen molar-refractivity contribution in [1.29, 1.82) is 0 Å². The Kier molecular flexibility index (Phi) is 6.08. The molecule has 0 aliphatic heterocycles. The van der Waals surface area contributed by atoms with E-state index in [-0.39, 0.29) is 9.92 Å². The van der Waals surface area contributed by atoms with Gasteiger partial charge in [0, 0.05) is 25.2 Å². The van der Waals surface area contributed by atoms with Crippen molar-refractivity contribution in [2.75, 3.05) is 20.6 Å². The van der Waals surface area contributed by atoms with Crippen LogP contribution in [0.3, 0.4) is 0 Å². The molecule has 0 spiro atoms. The molecule has 0 aliphatic carbocycles. The minimum Gasteiger partial charge on any atom is -0.316 e. The second kappa shape index (κ2) is 6.90. The fraction of sp³-hybridized carbons (Fsp3) is 0.500. The Balaban J connectivity index is 3.30. The summed E-state index contributed by atoms with van der Waals surface area (Å²) in [5.74, 6) is 0. The van der Waals surface area contributed by atoms with Gasteiger partial charge in [0.2, 0.25) is 10.0 Å². The second-order valence-electron chi connectivity index (χ2n) is 4.23. The highest BCUT2D eigenvalue weighted by molar-refractivity contribution is 7.89. The zero-order valence-corrected chi connectivity index (χ0v) is 13.5. The lowest BCUT2D eigenvalue weighted by atomic mass is 10.2. The van der Waals surface area contributed by atoms with Crippen LogP contribution < -0.4 is 5.32 Å². The number of sulfonamides is 1. The third-order valence-corrected chi connectivity index (χ3v) is 5.37. The van der Waals surface area contributed by atoms with Gasteiger partial charge in [-0.15, -0.1) is 0 Å². The normalized spacial score (nSPS) is 12.1. The molecule has 19 heavy (non-hydrogen) atoms. The smallest absolute Gasteiger partial charge is 0.244 e. The predicted octanol–water partition coefficient (Wildman–Crippen LogP) is 2.74. The van der Waals surface area contributed by atoms with Crippen molar-refractivity contribution in [3.8, 4) is 0 Å². The molecular weight excluding hydrogens is 307 g/mol. The van der Waals surface area contributed by atoms with Gasteiger partial charge in [0.25, 0.3) is 0 Å². The Labute approximate surface area is 124 Å². The van der Waals surface area contributed by atoms with Crippen LogP contribution in [0.25, 0.3) is 0 Å². The predicted molar refractivity (Wildman–Crippen MR) is 79.3 cm³/mol. The molecule has 0 fully saturated rings. The van der Waals surface area contributed by atoms with Crippen molar-refractivity contribution >= 4 is 33.2 Å². The first-order chi connectivity index (χ1) is 8.84. The lowest BCUT2D eigenvalue weighted by Gasteiger charge is -2.18. The first-order valence-electron chi connectivity index (χ1n) is 5.93. The number of hydrogen-bond donors (Lipinski definition) is 1. The van der Waals surface area contributed by atoms with Crippen molar-refractivity contribution in [2.45, 2.75) is 24.8 Å². The number of nitrogens with one attached hydrogen (secondary N) is 1. The molecule has 108 valence electrons. The van der Waals surface area contributed by atoms with Gasteiger partial charge in [0.1, 0.15) is 4.90 Å². The highest BCUT2D eigenvalue weighted by atomic mass is 35.5. The topological polar surface area (TPSA) is 49.4 Å². The summed E-state index contributed by atoms with van der Waals surface area (Å²) in [5, 5.41) is 3.54. The van der Waals surface area contributed by atoms with E-state index in [2.05, 4.69) is 5.32 Å². The van der Waals surface area contributed by atoms with E-state index in [9.17, 15) is 8.42 Å². The Bertz CT molecular complexity index is 547. The van der Waals surface area contributed by atoms with E-state index < -0.39 is 10.0 Å². The molecular formula is C12H18Cl2N2O2S. The summed E-state index contributed by atoms with van der Waals surface area (Å²) >= 11 is 12.1. The van der Waals surface area contributed by atoms with Gasteiger partial charge in [-0.25, -0.2) is 12.7 Å². The second-order valence-corrected chi connectivity index (χ2v) is 7.06. The summed E-state index contributed by atoms with van der Waals surface area (Å²) in [6, 6.07) is 3.01. The van der Waals surface area contributed by atoms with Crippen molar-refractivity contribution < 1.29 is 8.42 Å². The van der Waals surface area contributed by atoms with E-state index in [0.717, 1.165) is 6.42 Å². The third-order valence-electron chi connectivity index (χ3n) is 2.69. The Morgan fingerprint density at radius 3 is 2.42 bits per heavy atom. The molecule has 0 heterocycles. The largest absolute Gasteiger partial charge is 0.316 e. The summed E-state index contributed by atoms with van der Waals surface area (Å²) in [5.41, 5.74) is 0.706. The summed E-state index contributed by atoms with van der Waals surface area (Å²) < 4.78 is 26.1. The zero-order valence-electron chi connectivity index (χ0n) is 11.2. The van der Waals surface area contributed by atoms with Crippen molar-refractivity contribution in [1.82, 2.24) is 9.62 Å². The molecule has 1 rings (SSSR count). The fourth-order valence-electron chi connectivity index (χ4n) is 1.70. The van der Waals surface area contributed by atoms with Crippen LogP contribution in [-0.2, 0) is 16.6 Å². The molecule has 0 atom stereocenters. The van der Waals surface area contributed by atoms with Gasteiger partial charge in [-0.05, 0) is 31.2 Å². The molecule has 0 aromatic heterocycles. The molecule has 0 aliphatic rings. The monoisotopic (exact) mass is 324 g/mol. The first-order valence-corrected chi connectivity index (χ1v) is 8.13. The van der Waals surface area contributed by atoms with E-state index >= 15 is 0 Å². The maximum absolute atomic E-state index is 12.4. The van der Waals surface area contributed by atoms with Gasteiger partial charge in [0.05, 0.1) is 5.02 Å². The molecule has 0 saturated heterocycles. The fourth-order valence-corrected chi connectivity index (χ4v) is 3.80. The van der Waals surface area contributed by atoms with E-state index in [1.54, 1.807) is 14.1 Å². The maximum Gasteiger partial charge on any atom is 0.244 e. The molecule has 0 unspecified atom stereocenters. The van der Waals surface area contributed by atoms with Crippen LogP contribution in [0.1, 0.15) is 18.9 Å². The van der Waals surface area contributed by atoms with Crippen LogP contribution in [-0.4, -0.2) is 33.4 Å². The summed E-state index contributed by atoms with van der Waals surface area (Å²) in [6.45, 7) is 2.85. The zero-order chi connectivity index (χ0) is 14.6. The first kappa shape index (κ1) is 16.7. The number of rotatable bonds is 6. The standard InChI is InChI=1S/C12H18Cl2N2O2S/c1-4-5-16(3)19(17,18)12-6-9(8-15-2)10(13)7-11(12)14/h6-7,15H,4-5,8H2,1-3H3.